The van der Waals surface area contributed by atoms with Crippen LogP contribution in [0.25, 0.3) is 11.1 Å². The van der Waals surface area contributed by atoms with Gasteiger partial charge in [-0.25, -0.2) is 17.9 Å². The van der Waals surface area contributed by atoms with Crippen molar-refractivity contribution in [2.45, 2.75) is 25.3 Å². The van der Waals surface area contributed by atoms with Crippen molar-refractivity contribution in [2.24, 2.45) is 7.05 Å². The van der Waals surface area contributed by atoms with Gasteiger partial charge in [0, 0.05) is 31.0 Å². The summed E-state index contributed by atoms with van der Waals surface area (Å²) in [4.78, 5) is 14.7. The number of hydrogen-bond acceptors (Lipinski definition) is 4. The van der Waals surface area contributed by atoms with Crippen molar-refractivity contribution < 1.29 is 12.8 Å². The molecular weight excluding hydrogens is 318 g/mol. The van der Waals surface area contributed by atoms with Crippen LogP contribution in [0.15, 0.2) is 38.4 Å². The zero-order valence-corrected chi connectivity index (χ0v) is 13.8. The number of rotatable bonds is 4. The zero-order valence-electron chi connectivity index (χ0n) is 13.0. The molecule has 122 valence electrons. The predicted molar refractivity (Wildman–Crippen MR) is 85.7 cm³/mol. The quantitative estimate of drug-likeness (QED) is 0.756. The molecule has 3 rings (SSSR count). The Balaban J connectivity index is 1.90. The first-order valence-electron chi connectivity index (χ1n) is 7.02. The van der Waals surface area contributed by atoms with Gasteiger partial charge in [-0.1, -0.05) is 0 Å². The van der Waals surface area contributed by atoms with E-state index in [9.17, 15) is 13.2 Å². The molecule has 0 saturated carbocycles. The Bertz CT molecular complexity index is 1040. The molecule has 0 saturated heterocycles. The topological polar surface area (TPSA) is 97.1 Å². The van der Waals surface area contributed by atoms with E-state index in [1.807, 2.05) is 19.9 Å². The number of H-pyrrole nitrogens is 1. The number of nitrogens with one attached hydrogen (secondary N) is 2. The first-order chi connectivity index (χ1) is 10.8. The molecule has 7 nitrogen and oxygen atoms in total. The van der Waals surface area contributed by atoms with Gasteiger partial charge >= 0.3 is 5.76 Å². The Hall–Kier alpha value is -2.32. The second-order valence-corrected chi connectivity index (χ2v) is 7.25. The maximum absolute atomic E-state index is 12.4. The van der Waals surface area contributed by atoms with Crippen LogP contribution in [-0.2, 0) is 23.6 Å². The molecule has 0 spiro atoms. The maximum Gasteiger partial charge on any atom is 0.419 e. The van der Waals surface area contributed by atoms with Crippen LogP contribution in [0.4, 0.5) is 0 Å². The molecule has 8 heteroatoms. The minimum atomic E-state index is -3.70. The Kier molecular flexibility index (Phi) is 3.65. The average Bonchev–Trinajstić information content (AvgIpc) is 2.96. The molecular formula is C15H17N3O4S. The summed E-state index contributed by atoms with van der Waals surface area (Å²) in [6, 6.07) is 6.26. The highest BCUT2D eigenvalue weighted by molar-refractivity contribution is 7.89. The highest BCUT2D eigenvalue weighted by Gasteiger charge is 2.17. The van der Waals surface area contributed by atoms with Crippen molar-refractivity contribution in [1.29, 1.82) is 0 Å². The van der Waals surface area contributed by atoms with Crippen molar-refractivity contribution in [1.82, 2.24) is 14.3 Å². The summed E-state index contributed by atoms with van der Waals surface area (Å²) in [5, 5.41) is 0. The van der Waals surface area contributed by atoms with Gasteiger partial charge in [-0.05, 0) is 37.6 Å². The van der Waals surface area contributed by atoms with Crippen molar-refractivity contribution >= 4 is 21.1 Å². The van der Waals surface area contributed by atoms with Gasteiger partial charge in [-0.2, -0.15) is 0 Å². The lowest BCUT2D eigenvalue weighted by atomic mass is 10.2. The van der Waals surface area contributed by atoms with E-state index in [-0.39, 0.29) is 17.0 Å². The molecule has 0 aliphatic heterocycles. The third-order valence-electron chi connectivity index (χ3n) is 3.78. The number of sulfonamides is 1. The summed E-state index contributed by atoms with van der Waals surface area (Å²) in [7, 11) is -2.13. The first-order valence-corrected chi connectivity index (χ1v) is 8.50. The van der Waals surface area contributed by atoms with Crippen molar-refractivity contribution in [3.8, 4) is 0 Å². The van der Waals surface area contributed by atoms with E-state index >= 15 is 0 Å². The third kappa shape index (κ3) is 2.82. The van der Waals surface area contributed by atoms with E-state index in [1.54, 1.807) is 13.1 Å². The van der Waals surface area contributed by atoms with Gasteiger partial charge in [-0.15, -0.1) is 0 Å². The SMILES string of the molecule is Cc1cc(CNS(=O)(=O)c2ccc3c(c2)oc(=O)n3C)c(C)[nH]1. The molecule has 3 aromatic rings. The fourth-order valence-electron chi connectivity index (χ4n) is 2.50. The Morgan fingerprint density at radius 2 is 2.00 bits per heavy atom. The molecule has 2 N–H and O–H groups in total. The summed E-state index contributed by atoms with van der Waals surface area (Å²) in [5.41, 5.74) is 3.58. The average molecular weight is 335 g/mol. The van der Waals surface area contributed by atoms with Crippen LogP contribution in [0, 0.1) is 13.8 Å². The molecule has 2 aromatic heterocycles. The second-order valence-electron chi connectivity index (χ2n) is 5.48. The number of hydrogen-bond donors (Lipinski definition) is 2. The van der Waals surface area contributed by atoms with Crippen LogP contribution in [0.1, 0.15) is 17.0 Å². The summed E-state index contributed by atoms with van der Waals surface area (Å²) in [6.07, 6.45) is 0. The monoisotopic (exact) mass is 335 g/mol. The number of aromatic nitrogens is 2. The minimum Gasteiger partial charge on any atom is -0.408 e. The van der Waals surface area contributed by atoms with E-state index in [4.69, 9.17) is 4.42 Å². The van der Waals surface area contributed by atoms with Crippen LogP contribution >= 0.6 is 0 Å². The van der Waals surface area contributed by atoms with Gasteiger partial charge in [0.2, 0.25) is 10.0 Å². The fraction of sp³-hybridized carbons (Fsp3) is 0.267. The molecule has 0 bridgehead atoms. The molecule has 0 aliphatic rings. The molecule has 0 radical (unpaired) electrons. The van der Waals surface area contributed by atoms with Gasteiger partial charge in [0.1, 0.15) is 0 Å². The Morgan fingerprint density at radius 1 is 1.26 bits per heavy atom. The van der Waals surface area contributed by atoms with E-state index in [2.05, 4.69) is 9.71 Å². The maximum atomic E-state index is 12.4. The van der Waals surface area contributed by atoms with Gasteiger partial charge < -0.3 is 9.40 Å². The lowest BCUT2D eigenvalue weighted by molar-refractivity contribution is 0.527. The summed E-state index contributed by atoms with van der Waals surface area (Å²) in [6.45, 7) is 3.99. The molecule has 0 atom stereocenters. The standard InChI is InChI=1S/C15H17N3O4S/c1-9-6-11(10(2)17-9)8-16-23(20,21)12-4-5-13-14(7-12)22-15(19)18(13)3/h4-7,16-17H,8H2,1-3H3. The summed E-state index contributed by atoms with van der Waals surface area (Å²) < 4.78 is 33.7. The second kappa shape index (κ2) is 5.39. The highest BCUT2D eigenvalue weighted by atomic mass is 32.2. The van der Waals surface area contributed by atoms with Crippen LogP contribution in [0.2, 0.25) is 0 Å². The van der Waals surface area contributed by atoms with Gasteiger partial charge in [0.15, 0.2) is 5.58 Å². The van der Waals surface area contributed by atoms with Gasteiger partial charge in [0.05, 0.1) is 10.4 Å². The predicted octanol–water partition coefficient (Wildman–Crippen LogP) is 1.55. The molecule has 1 aromatic carbocycles. The lowest BCUT2D eigenvalue weighted by Crippen LogP contribution is -2.23. The normalized spacial score (nSPS) is 12.1. The van der Waals surface area contributed by atoms with E-state index in [1.165, 1.54) is 16.7 Å². The lowest BCUT2D eigenvalue weighted by Gasteiger charge is -2.06. The fourth-order valence-corrected chi connectivity index (χ4v) is 3.52. The number of aromatic amines is 1. The van der Waals surface area contributed by atoms with Crippen molar-refractivity contribution in [3.63, 3.8) is 0 Å². The molecule has 0 amide bonds. The highest BCUT2D eigenvalue weighted by Crippen LogP contribution is 2.18. The number of oxazole rings is 1. The summed E-state index contributed by atoms with van der Waals surface area (Å²) in [5.74, 6) is -0.527. The molecule has 0 fully saturated rings. The Morgan fingerprint density at radius 3 is 2.65 bits per heavy atom. The minimum absolute atomic E-state index is 0.0595. The summed E-state index contributed by atoms with van der Waals surface area (Å²) >= 11 is 0. The number of benzene rings is 1. The number of fused-ring (bicyclic) bond motifs is 1. The van der Waals surface area contributed by atoms with E-state index in [0.29, 0.717) is 5.52 Å². The zero-order chi connectivity index (χ0) is 16.8. The van der Waals surface area contributed by atoms with Crippen molar-refractivity contribution in [3.05, 3.63) is 51.8 Å². The van der Waals surface area contributed by atoms with Crippen LogP contribution < -0.4 is 10.5 Å². The first kappa shape index (κ1) is 15.6. The number of aryl methyl sites for hydroxylation is 3. The van der Waals surface area contributed by atoms with Crippen LogP contribution in [0.5, 0.6) is 0 Å². The largest absolute Gasteiger partial charge is 0.419 e. The van der Waals surface area contributed by atoms with Crippen molar-refractivity contribution in [2.75, 3.05) is 0 Å². The molecule has 23 heavy (non-hydrogen) atoms. The molecule has 2 heterocycles. The van der Waals surface area contributed by atoms with Gasteiger partial charge in [0.25, 0.3) is 0 Å². The number of nitrogens with zero attached hydrogens (tertiary/aromatic N) is 1. The van der Waals surface area contributed by atoms with Crippen LogP contribution in [0.3, 0.4) is 0 Å². The van der Waals surface area contributed by atoms with E-state index < -0.39 is 15.8 Å². The van der Waals surface area contributed by atoms with Crippen LogP contribution in [-0.4, -0.2) is 18.0 Å². The Labute approximate surface area is 133 Å². The molecule has 0 unspecified atom stereocenters. The molecule has 0 aliphatic carbocycles. The van der Waals surface area contributed by atoms with Gasteiger partial charge in [-0.3, -0.25) is 4.57 Å². The third-order valence-corrected chi connectivity index (χ3v) is 5.18. The smallest absolute Gasteiger partial charge is 0.408 e. The van der Waals surface area contributed by atoms with E-state index in [0.717, 1.165) is 17.0 Å².